The molecular formula is C11H10N6O2. The Morgan fingerprint density at radius 3 is 3.11 bits per heavy atom. The summed E-state index contributed by atoms with van der Waals surface area (Å²) in [4.78, 5) is 16.1. The predicted molar refractivity (Wildman–Crippen MR) is 63.2 cm³/mol. The van der Waals surface area contributed by atoms with Crippen LogP contribution in [0.1, 0.15) is 22.3 Å². The van der Waals surface area contributed by atoms with Crippen molar-refractivity contribution in [3.8, 4) is 0 Å². The summed E-state index contributed by atoms with van der Waals surface area (Å²) < 4.78 is 6.64. The maximum Gasteiger partial charge on any atom is 0.270 e. The van der Waals surface area contributed by atoms with E-state index in [1.807, 2.05) is 0 Å². The van der Waals surface area contributed by atoms with Gasteiger partial charge in [0.15, 0.2) is 5.65 Å². The molecule has 0 aliphatic heterocycles. The molecule has 96 valence electrons. The summed E-state index contributed by atoms with van der Waals surface area (Å²) in [6.07, 6.45) is 1.40. The molecule has 1 amide bonds. The second-order valence-corrected chi connectivity index (χ2v) is 3.84. The lowest BCUT2D eigenvalue weighted by Crippen LogP contribution is -2.25. The number of rotatable bonds is 3. The van der Waals surface area contributed by atoms with Crippen LogP contribution in [0.4, 0.5) is 0 Å². The standard InChI is InChI=1S/C11H10N6O2/c1-7-15-16-10(19-7)5-12-11(18)8-3-2-4-9-13-6-14-17(8)9/h2-4,6H,5H2,1H3,(H,12,18). The third-order valence-electron chi connectivity index (χ3n) is 2.50. The highest BCUT2D eigenvalue weighted by atomic mass is 16.4. The number of aryl methyl sites for hydroxylation is 1. The van der Waals surface area contributed by atoms with Crippen molar-refractivity contribution in [2.45, 2.75) is 13.5 Å². The summed E-state index contributed by atoms with van der Waals surface area (Å²) >= 11 is 0. The van der Waals surface area contributed by atoms with E-state index in [1.54, 1.807) is 25.1 Å². The van der Waals surface area contributed by atoms with E-state index in [9.17, 15) is 4.79 Å². The van der Waals surface area contributed by atoms with Gasteiger partial charge in [0, 0.05) is 6.92 Å². The number of aromatic nitrogens is 5. The highest BCUT2D eigenvalue weighted by molar-refractivity contribution is 5.92. The van der Waals surface area contributed by atoms with E-state index in [0.29, 0.717) is 23.1 Å². The summed E-state index contributed by atoms with van der Waals surface area (Å²) in [6.45, 7) is 1.86. The van der Waals surface area contributed by atoms with Gasteiger partial charge in [-0.05, 0) is 12.1 Å². The van der Waals surface area contributed by atoms with E-state index >= 15 is 0 Å². The Labute approximate surface area is 107 Å². The molecule has 0 bridgehead atoms. The van der Waals surface area contributed by atoms with Crippen molar-refractivity contribution >= 4 is 11.6 Å². The minimum absolute atomic E-state index is 0.171. The van der Waals surface area contributed by atoms with Gasteiger partial charge in [0.25, 0.3) is 5.91 Å². The first-order chi connectivity index (χ1) is 9.24. The molecule has 3 aromatic heterocycles. The Morgan fingerprint density at radius 2 is 2.32 bits per heavy atom. The van der Waals surface area contributed by atoms with E-state index in [4.69, 9.17) is 4.42 Å². The largest absolute Gasteiger partial charge is 0.424 e. The van der Waals surface area contributed by atoms with Crippen LogP contribution in [0.25, 0.3) is 5.65 Å². The van der Waals surface area contributed by atoms with Crippen LogP contribution in [0.3, 0.4) is 0 Å². The molecule has 0 aliphatic rings. The van der Waals surface area contributed by atoms with Gasteiger partial charge in [-0.25, -0.2) is 9.50 Å². The monoisotopic (exact) mass is 258 g/mol. The Hall–Kier alpha value is -2.77. The number of fused-ring (bicyclic) bond motifs is 1. The second-order valence-electron chi connectivity index (χ2n) is 3.84. The summed E-state index contributed by atoms with van der Waals surface area (Å²) in [5.74, 6) is 0.534. The van der Waals surface area contributed by atoms with E-state index in [2.05, 4.69) is 25.6 Å². The van der Waals surface area contributed by atoms with Gasteiger partial charge in [0.1, 0.15) is 12.0 Å². The number of amides is 1. The Balaban J connectivity index is 1.78. The Kier molecular flexibility index (Phi) is 2.67. The first-order valence-corrected chi connectivity index (χ1v) is 5.60. The van der Waals surface area contributed by atoms with Gasteiger partial charge >= 0.3 is 0 Å². The molecule has 8 nitrogen and oxygen atoms in total. The fourth-order valence-electron chi connectivity index (χ4n) is 1.67. The highest BCUT2D eigenvalue weighted by Crippen LogP contribution is 2.04. The van der Waals surface area contributed by atoms with Gasteiger partial charge in [-0.15, -0.1) is 10.2 Å². The fraction of sp³-hybridized carbons (Fsp3) is 0.182. The Morgan fingerprint density at radius 1 is 1.42 bits per heavy atom. The van der Waals surface area contributed by atoms with Gasteiger partial charge in [-0.3, -0.25) is 4.79 Å². The molecule has 0 saturated carbocycles. The molecule has 0 atom stereocenters. The lowest BCUT2D eigenvalue weighted by Gasteiger charge is -2.04. The number of pyridine rings is 1. The van der Waals surface area contributed by atoms with Crippen molar-refractivity contribution in [3.63, 3.8) is 0 Å². The van der Waals surface area contributed by atoms with Crippen LogP contribution in [0, 0.1) is 6.92 Å². The molecule has 3 heterocycles. The lowest BCUT2D eigenvalue weighted by atomic mass is 10.3. The maximum absolute atomic E-state index is 12.0. The second kappa shape index (κ2) is 4.48. The lowest BCUT2D eigenvalue weighted by molar-refractivity contribution is 0.0939. The summed E-state index contributed by atoms with van der Waals surface area (Å²) in [5, 5.41) is 14.2. The molecular weight excluding hydrogens is 248 g/mol. The van der Waals surface area contributed by atoms with Gasteiger partial charge in [0.2, 0.25) is 11.8 Å². The predicted octanol–water partition coefficient (Wildman–Crippen LogP) is 0.351. The molecule has 0 fully saturated rings. The molecule has 0 radical (unpaired) electrons. The van der Waals surface area contributed by atoms with Crippen LogP contribution in [0.5, 0.6) is 0 Å². The number of carbonyl (C=O) groups excluding carboxylic acids is 1. The SMILES string of the molecule is Cc1nnc(CNC(=O)c2cccc3ncnn23)o1. The molecule has 0 unspecified atom stereocenters. The van der Waals surface area contributed by atoms with Crippen LogP contribution in [-0.2, 0) is 6.54 Å². The third kappa shape index (κ3) is 2.15. The summed E-state index contributed by atoms with van der Waals surface area (Å²) in [5.41, 5.74) is 1.01. The zero-order valence-corrected chi connectivity index (χ0v) is 10.1. The average molecular weight is 258 g/mol. The molecule has 0 aliphatic carbocycles. The van der Waals surface area contributed by atoms with Crippen molar-refractivity contribution in [2.24, 2.45) is 0 Å². The molecule has 8 heteroatoms. The first kappa shape index (κ1) is 11.3. The molecule has 19 heavy (non-hydrogen) atoms. The number of nitrogens with one attached hydrogen (secondary N) is 1. The maximum atomic E-state index is 12.0. The summed E-state index contributed by atoms with van der Waals surface area (Å²) in [6, 6.07) is 5.18. The molecule has 0 spiro atoms. The van der Waals surface area contributed by atoms with Gasteiger partial charge in [-0.1, -0.05) is 6.07 Å². The number of hydrogen-bond acceptors (Lipinski definition) is 6. The van der Waals surface area contributed by atoms with E-state index in [1.165, 1.54) is 10.8 Å². The number of hydrogen-bond donors (Lipinski definition) is 1. The van der Waals surface area contributed by atoms with Crippen molar-refractivity contribution in [2.75, 3.05) is 0 Å². The van der Waals surface area contributed by atoms with Crippen molar-refractivity contribution < 1.29 is 9.21 Å². The fourth-order valence-corrected chi connectivity index (χ4v) is 1.67. The quantitative estimate of drug-likeness (QED) is 0.727. The topological polar surface area (TPSA) is 98.2 Å². The van der Waals surface area contributed by atoms with Crippen LogP contribution in [0.2, 0.25) is 0 Å². The van der Waals surface area contributed by atoms with Crippen molar-refractivity contribution in [1.29, 1.82) is 0 Å². The number of nitrogens with zero attached hydrogens (tertiary/aromatic N) is 5. The zero-order valence-electron chi connectivity index (χ0n) is 10.1. The van der Waals surface area contributed by atoms with Crippen LogP contribution in [-0.4, -0.2) is 30.7 Å². The highest BCUT2D eigenvalue weighted by Gasteiger charge is 2.12. The first-order valence-electron chi connectivity index (χ1n) is 5.60. The van der Waals surface area contributed by atoms with E-state index < -0.39 is 0 Å². The van der Waals surface area contributed by atoms with Gasteiger partial charge in [-0.2, -0.15) is 5.10 Å². The Bertz CT molecular complexity index is 731. The van der Waals surface area contributed by atoms with Crippen LogP contribution < -0.4 is 5.32 Å². The van der Waals surface area contributed by atoms with E-state index in [-0.39, 0.29) is 12.5 Å². The number of carbonyl (C=O) groups is 1. The molecule has 1 N–H and O–H groups in total. The normalized spacial score (nSPS) is 10.8. The van der Waals surface area contributed by atoms with Crippen LogP contribution in [0.15, 0.2) is 28.9 Å². The average Bonchev–Trinajstić information content (AvgIpc) is 3.03. The molecule has 0 aromatic carbocycles. The van der Waals surface area contributed by atoms with Crippen molar-refractivity contribution in [1.82, 2.24) is 30.1 Å². The van der Waals surface area contributed by atoms with Gasteiger partial charge < -0.3 is 9.73 Å². The van der Waals surface area contributed by atoms with Gasteiger partial charge in [0.05, 0.1) is 6.54 Å². The van der Waals surface area contributed by atoms with Crippen molar-refractivity contribution in [3.05, 3.63) is 42.0 Å². The smallest absolute Gasteiger partial charge is 0.270 e. The molecule has 3 aromatic rings. The molecule has 3 rings (SSSR count). The minimum Gasteiger partial charge on any atom is -0.424 e. The zero-order chi connectivity index (χ0) is 13.2. The van der Waals surface area contributed by atoms with E-state index in [0.717, 1.165) is 0 Å². The van der Waals surface area contributed by atoms with Crippen LogP contribution >= 0.6 is 0 Å². The minimum atomic E-state index is -0.285. The third-order valence-corrected chi connectivity index (χ3v) is 2.50. The summed E-state index contributed by atoms with van der Waals surface area (Å²) in [7, 11) is 0. The molecule has 0 saturated heterocycles.